The van der Waals surface area contributed by atoms with Crippen molar-refractivity contribution in [2.75, 3.05) is 13.1 Å². The normalized spacial score (nSPS) is 13.7. The monoisotopic (exact) mass is 878 g/mol. The second-order valence-corrected chi connectivity index (χ2v) is 18.8. The zero-order valence-electron chi connectivity index (χ0n) is 29.4. The molecule has 4 aromatic carbocycles. The zero-order chi connectivity index (χ0) is 41.8. The maximum absolute atomic E-state index is 14.2. The van der Waals surface area contributed by atoms with Gasteiger partial charge in [-0.1, -0.05) is 72.8 Å². The van der Waals surface area contributed by atoms with Gasteiger partial charge >= 0.3 is 0 Å². The van der Waals surface area contributed by atoms with Crippen LogP contribution in [0.2, 0.25) is 0 Å². The van der Waals surface area contributed by atoms with Crippen LogP contribution >= 0.6 is 0 Å². The van der Waals surface area contributed by atoms with Gasteiger partial charge in [-0.25, -0.2) is 33.1 Å². The molecule has 0 amide bonds. The van der Waals surface area contributed by atoms with Crippen LogP contribution in [0.4, 0.5) is 23.3 Å². The molecule has 4 aromatic heterocycles. The van der Waals surface area contributed by atoms with Crippen molar-refractivity contribution < 1.29 is 47.3 Å². The van der Waals surface area contributed by atoms with Gasteiger partial charge in [0.2, 0.25) is 10.0 Å². The van der Waals surface area contributed by atoms with Crippen molar-refractivity contribution in [2.24, 2.45) is 25.7 Å². The van der Waals surface area contributed by atoms with Crippen LogP contribution in [0.3, 0.4) is 0 Å². The minimum atomic E-state index is -6.19. The molecule has 0 saturated heterocycles. The Hall–Kier alpha value is -6.16. The number of hydrogen-bond acceptors (Lipinski definition) is 13. The summed E-state index contributed by atoms with van der Waals surface area (Å²) in [6.45, 7) is -0.972. The Bertz CT molecular complexity index is 3890. The molecule has 21 nitrogen and oxygen atoms in total. The number of nitrogens with two attached hydrogens (primary N) is 1. The molecule has 0 spiro atoms. The number of nitrogens with zero attached hydrogens (tertiary/aromatic N) is 4. The van der Waals surface area contributed by atoms with Crippen LogP contribution < -0.4 is 32.4 Å². The molecule has 1 aliphatic heterocycles. The molecule has 59 heavy (non-hydrogen) atoms. The standard InChI is InChI=1S/C34H26N10O11S4/c35-13-14-36-56(45,46)23-21-22(24(57(47,48)49)26(59(53,54)55)25(23)58(50,51)52)34-43-32-20-12-6-4-10-18(20)30(41-32)39-28-16-8-2-1-7-15(16)27(37-28)38-29-17-9-3-5-11-19(17)31(40-29)42-33(21)44-34/h1-12,36H,13-14,35H2,(H,47,48,49)(H,50,51,52)(H,53,54,55)(H4,37,38,39,40,41,42,43,44). The highest BCUT2D eigenvalue weighted by atomic mass is 32.2. The van der Waals surface area contributed by atoms with E-state index in [0.29, 0.717) is 43.3 Å². The van der Waals surface area contributed by atoms with E-state index in [-0.39, 0.29) is 29.8 Å². The van der Waals surface area contributed by atoms with Gasteiger partial charge in [0.15, 0.2) is 0 Å². The minimum Gasteiger partial charge on any atom is -0.329 e. The summed E-state index contributed by atoms with van der Waals surface area (Å²) in [5, 5.41) is 0.911. The van der Waals surface area contributed by atoms with E-state index in [2.05, 4.69) is 29.9 Å². The van der Waals surface area contributed by atoms with E-state index in [1.54, 1.807) is 48.5 Å². The van der Waals surface area contributed by atoms with Crippen LogP contribution in [0.15, 0.2) is 112 Å². The van der Waals surface area contributed by atoms with Crippen LogP contribution in [0.1, 0.15) is 0 Å². The summed E-state index contributed by atoms with van der Waals surface area (Å²) in [5.74, 6) is 0.249. The fraction of sp³-hybridized carbons (Fsp3) is 0.0588. The van der Waals surface area contributed by atoms with Gasteiger partial charge in [0.25, 0.3) is 30.4 Å². The first-order chi connectivity index (χ1) is 27.9. The van der Waals surface area contributed by atoms with Crippen molar-refractivity contribution in [2.45, 2.75) is 19.6 Å². The molecule has 302 valence electrons. The van der Waals surface area contributed by atoms with Gasteiger partial charge in [0, 0.05) is 45.4 Å². The lowest BCUT2D eigenvalue weighted by Crippen LogP contribution is -2.32. The van der Waals surface area contributed by atoms with Crippen LogP contribution in [0, 0.1) is 0 Å². The predicted octanol–water partition coefficient (Wildman–Crippen LogP) is 1.71. The Morgan fingerprint density at radius 1 is 0.458 bits per heavy atom. The maximum Gasteiger partial charge on any atom is 0.297 e. The first-order valence-electron chi connectivity index (χ1n) is 16.9. The first-order valence-corrected chi connectivity index (χ1v) is 22.7. The fourth-order valence-corrected chi connectivity index (χ4v) is 12.7. The van der Waals surface area contributed by atoms with Crippen molar-refractivity contribution in [1.29, 1.82) is 0 Å². The van der Waals surface area contributed by atoms with E-state index in [4.69, 9.17) is 15.7 Å². The van der Waals surface area contributed by atoms with Gasteiger partial charge in [-0.15, -0.1) is 0 Å². The molecule has 8 aromatic rings. The SMILES string of the molecule is NCCNS(=O)(=O)c1c(S(=O)(=O)O)c(S(=O)(=O)O)c(S(=O)(=O)O)c2c3[nH]c(c12)=Nc1[nH]c(c2ccccc12)N=c1[nH]c(c2ccccc12)=Nc1[nH]c(c2ccccc12)N=3. The number of sulfonamides is 1. The third-order valence-corrected chi connectivity index (χ3v) is 14.1. The molecule has 0 radical (unpaired) electrons. The Kier molecular flexibility index (Phi) is 8.57. The summed E-state index contributed by atoms with van der Waals surface area (Å²) in [5.41, 5.74) is 4.87. The quantitative estimate of drug-likeness (QED) is 0.103. The lowest BCUT2D eigenvalue weighted by molar-refractivity contribution is 0.454. The number of nitrogens with one attached hydrogen (secondary N) is 5. The summed E-state index contributed by atoms with van der Waals surface area (Å²) >= 11 is 0. The van der Waals surface area contributed by atoms with Gasteiger partial charge < -0.3 is 25.7 Å². The molecule has 10 N–H and O–H groups in total. The summed E-state index contributed by atoms with van der Waals surface area (Å²) in [4.78, 5) is 23.1. The summed E-state index contributed by atoms with van der Waals surface area (Å²) in [7, 11) is -23.8. The van der Waals surface area contributed by atoms with Crippen LogP contribution in [-0.2, 0) is 40.4 Å². The Morgan fingerprint density at radius 3 is 1.15 bits per heavy atom. The number of benzene rings is 4. The summed E-state index contributed by atoms with van der Waals surface area (Å²) in [6.07, 6.45) is 0. The molecule has 0 atom stereocenters. The number of hydrogen-bond donors (Lipinski definition) is 9. The number of aromatic amines is 4. The maximum atomic E-state index is 14.2. The Balaban J connectivity index is 1.63. The van der Waals surface area contributed by atoms with Crippen molar-refractivity contribution >= 4 is 107 Å². The zero-order valence-corrected chi connectivity index (χ0v) is 32.7. The molecule has 25 heteroatoms. The molecule has 0 aliphatic carbocycles. The lowest BCUT2D eigenvalue weighted by Gasteiger charge is -2.16. The third-order valence-electron chi connectivity index (χ3n) is 9.43. The highest BCUT2D eigenvalue weighted by Crippen LogP contribution is 2.41. The third kappa shape index (κ3) is 6.22. The largest absolute Gasteiger partial charge is 0.329 e. The highest BCUT2D eigenvalue weighted by molar-refractivity contribution is 7.93. The molecular weight excluding hydrogens is 853 g/mol. The smallest absolute Gasteiger partial charge is 0.297 e. The van der Waals surface area contributed by atoms with Crippen LogP contribution in [0.5, 0.6) is 0 Å². The van der Waals surface area contributed by atoms with E-state index in [1.807, 2.05) is 29.0 Å². The van der Waals surface area contributed by atoms with Gasteiger partial charge in [-0.05, 0) is 0 Å². The number of aromatic nitrogens is 4. The topological polar surface area (TPSA) is 348 Å². The molecule has 0 unspecified atom stereocenters. The second-order valence-electron chi connectivity index (χ2n) is 13.1. The molecule has 1 aliphatic rings. The Labute approximate surface area is 330 Å². The van der Waals surface area contributed by atoms with E-state index in [0.717, 1.165) is 0 Å². The average molecular weight is 879 g/mol. The Morgan fingerprint density at radius 2 is 0.780 bits per heavy atom. The van der Waals surface area contributed by atoms with Gasteiger partial charge in [-0.2, -0.15) is 25.3 Å². The predicted molar refractivity (Wildman–Crippen MR) is 210 cm³/mol. The molecule has 8 bridgehead atoms. The van der Waals surface area contributed by atoms with E-state index < -0.39 is 88.3 Å². The van der Waals surface area contributed by atoms with E-state index >= 15 is 0 Å². The van der Waals surface area contributed by atoms with Crippen molar-refractivity contribution in [3.05, 3.63) is 94.7 Å². The highest BCUT2D eigenvalue weighted by Gasteiger charge is 2.43. The van der Waals surface area contributed by atoms with Gasteiger partial charge in [-0.3, -0.25) is 13.7 Å². The van der Waals surface area contributed by atoms with Crippen molar-refractivity contribution in [3.63, 3.8) is 0 Å². The first kappa shape index (κ1) is 38.4. The summed E-state index contributed by atoms with van der Waals surface area (Å²) < 4.78 is 142. The molecule has 9 rings (SSSR count). The van der Waals surface area contributed by atoms with Crippen LogP contribution in [0.25, 0.3) is 43.1 Å². The number of H-pyrrole nitrogens is 4. The fourth-order valence-electron chi connectivity index (χ4n) is 7.16. The molecule has 5 heterocycles. The van der Waals surface area contributed by atoms with Gasteiger partial charge in [0.1, 0.15) is 64.8 Å². The lowest BCUT2D eigenvalue weighted by atomic mass is 10.2. The second kappa shape index (κ2) is 13.2. The van der Waals surface area contributed by atoms with E-state index in [1.165, 1.54) is 0 Å². The van der Waals surface area contributed by atoms with Crippen LogP contribution in [-0.4, -0.2) is 80.4 Å². The number of fused-ring (bicyclic) bond motifs is 20. The van der Waals surface area contributed by atoms with Crippen molar-refractivity contribution in [1.82, 2.24) is 24.7 Å². The van der Waals surface area contributed by atoms with Crippen molar-refractivity contribution in [3.8, 4) is 0 Å². The molecule has 0 fully saturated rings. The van der Waals surface area contributed by atoms with E-state index in [9.17, 15) is 47.3 Å². The minimum absolute atomic E-state index is 0.0755. The molecular formula is C34H26N10O11S4. The average Bonchev–Trinajstić information content (AvgIpc) is 3.91. The molecule has 0 saturated carbocycles. The van der Waals surface area contributed by atoms with Gasteiger partial charge in [0.05, 0.1) is 10.8 Å². The number of rotatable bonds is 7. The summed E-state index contributed by atoms with van der Waals surface area (Å²) in [6, 6.07) is 20.5.